The molecule has 0 unspecified atom stereocenters. The molecule has 0 aliphatic rings. The molecule has 0 saturated carbocycles. The highest BCUT2D eigenvalue weighted by atomic mass is 16.5. The summed E-state index contributed by atoms with van der Waals surface area (Å²) in [5, 5.41) is 0. The predicted octanol–water partition coefficient (Wildman–Crippen LogP) is 16.0. The van der Waals surface area contributed by atoms with E-state index in [1.165, 1.54) is 50.1 Å². The number of hydrogen-bond donors (Lipinski definition) is 0. The number of nitrogens with zero attached hydrogens (tertiary/aromatic N) is 2. The third-order valence-electron chi connectivity index (χ3n) is 11.4. The van der Waals surface area contributed by atoms with Crippen LogP contribution in [0, 0.1) is 0 Å². The Labute approximate surface area is 360 Å². The Balaban J connectivity index is 0.957. The summed E-state index contributed by atoms with van der Waals surface area (Å²) in [5.74, 6) is 0. The Morgan fingerprint density at radius 3 is 0.770 bits per heavy atom. The summed E-state index contributed by atoms with van der Waals surface area (Å²) in [6, 6.07) is 83.0. The van der Waals surface area contributed by atoms with Gasteiger partial charge < -0.3 is 14.5 Å². The normalized spacial score (nSPS) is 11.0. The molecule has 9 rings (SSSR count). The van der Waals surface area contributed by atoms with Crippen LogP contribution in [0.25, 0.3) is 44.5 Å². The molecule has 0 atom stereocenters. The second-order valence-corrected chi connectivity index (χ2v) is 15.3. The minimum absolute atomic E-state index is 0.586. The molecule has 3 nitrogen and oxygen atoms in total. The average molecular weight is 789 g/mol. The molecule has 0 spiro atoms. The Morgan fingerprint density at radius 2 is 0.508 bits per heavy atom. The van der Waals surface area contributed by atoms with E-state index in [0.717, 1.165) is 46.1 Å². The van der Waals surface area contributed by atoms with Crippen LogP contribution in [0.3, 0.4) is 0 Å². The number of ether oxygens (including phenoxy) is 1. The molecule has 0 aromatic heterocycles. The largest absolute Gasteiger partial charge is 0.380 e. The van der Waals surface area contributed by atoms with Crippen molar-refractivity contribution in [2.75, 3.05) is 16.9 Å². The highest BCUT2D eigenvalue weighted by molar-refractivity contribution is 5.82. The van der Waals surface area contributed by atoms with Gasteiger partial charge in [-0.05, 0) is 135 Å². The molecule has 9 aromatic carbocycles. The average Bonchev–Trinajstić information content (AvgIpc) is 3.34. The molecule has 9 aromatic rings. The third-order valence-corrected chi connectivity index (χ3v) is 11.4. The maximum Gasteiger partial charge on any atom is 0.0713 e. The molecule has 3 heteroatoms. The summed E-state index contributed by atoms with van der Waals surface area (Å²) >= 11 is 0. The quantitative estimate of drug-likeness (QED) is 0.116. The number of rotatable bonds is 13. The minimum atomic E-state index is 0.586. The van der Waals surface area contributed by atoms with E-state index in [-0.39, 0.29) is 0 Å². The monoisotopic (exact) mass is 788 g/mol. The van der Waals surface area contributed by atoms with Crippen LogP contribution in [0.5, 0.6) is 0 Å². The fraction of sp³-hybridized carbons (Fsp3) is 0.0690. The lowest BCUT2D eigenvalue weighted by molar-refractivity contribution is 0.185. The smallest absolute Gasteiger partial charge is 0.0713 e. The number of hydrogen-bond acceptors (Lipinski definition) is 3. The number of benzene rings is 9. The maximum atomic E-state index is 5.39. The van der Waals surface area contributed by atoms with Crippen molar-refractivity contribution in [1.29, 1.82) is 0 Å². The molecule has 0 aliphatic heterocycles. The molecule has 0 amide bonds. The van der Waals surface area contributed by atoms with Crippen LogP contribution >= 0.6 is 0 Å². The van der Waals surface area contributed by atoms with Gasteiger partial charge in [-0.1, -0.05) is 165 Å². The SMILES string of the molecule is CCc1ccc(N(c2ccc(-c3ccccc3)cc2)c2ccc(-c3ccc(-c4ccc(N(c5ccc(COC)cc5)c5ccc(-c6ccccc6)cc5)cc4)cc3)cc2)cc1. The molecule has 61 heavy (non-hydrogen) atoms. The van der Waals surface area contributed by atoms with Crippen molar-refractivity contribution in [2.24, 2.45) is 0 Å². The molecule has 0 aliphatic carbocycles. The summed E-state index contributed by atoms with van der Waals surface area (Å²) in [4.78, 5) is 4.64. The van der Waals surface area contributed by atoms with Crippen LogP contribution in [0.4, 0.5) is 34.1 Å². The zero-order chi connectivity index (χ0) is 41.4. The molecular formula is C58H48N2O. The Hall–Kier alpha value is -7.46. The fourth-order valence-corrected chi connectivity index (χ4v) is 8.01. The predicted molar refractivity (Wildman–Crippen MR) is 258 cm³/mol. The first-order valence-electron chi connectivity index (χ1n) is 21.0. The molecule has 0 radical (unpaired) electrons. The molecule has 0 fully saturated rings. The van der Waals surface area contributed by atoms with E-state index in [9.17, 15) is 0 Å². The molecule has 0 heterocycles. The topological polar surface area (TPSA) is 15.7 Å². The van der Waals surface area contributed by atoms with Crippen LogP contribution in [-0.4, -0.2) is 7.11 Å². The van der Waals surface area contributed by atoms with Crippen LogP contribution in [0.15, 0.2) is 231 Å². The minimum Gasteiger partial charge on any atom is -0.380 e. The first kappa shape index (κ1) is 39.0. The van der Waals surface area contributed by atoms with Gasteiger partial charge in [0.2, 0.25) is 0 Å². The Bertz CT molecular complexity index is 2760. The molecule has 0 N–H and O–H groups in total. The van der Waals surface area contributed by atoms with Gasteiger partial charge in [0, 0.05) is 41.2 Å². The third kappa shape index (κ3) is 8.79. The van der Waals surface area contributed by atoms with E-state index in [4.69, 9.17) is 4.74 Å². The van der Waals surface area contributed by atoms with Gasteiger partial charge in [0.15, 0.2) is 0 Å². The van der Waals surface area contributed by atoms with Crippen LogP contribution in [0.1, 0.15) is 18.1 Å². The van der Waals surface area contributed by atoms with Gasteiger partial charge >= 0.3 is 0 Å². The maximum absolute atomic E-state index is 5.39. The highest BCUT2D eigenvalue weighted by Crippen LogP contribution is 2.39. The first-order valence-corrected chi connectivity index (χ1v) is 21.0. The summed E-state index contributed by atoms with van der Waals surface area (Å²) < 4.78 is 5.39. The van der Waals surface area contributed by atoms with Gasteiger partial charge in [0.05, 0.1) is 6.61 Å². The molecule has 0 bridgehead atoms. The first-order chi connectivity index (χ1) is 30.1. The van der Waals surface area contributed by atoms with Crippen LogP contribution < -0.4 is 9.80 Å². The molecule has 296 valence electrons. The summed E-state index contributed by atoms with van der Waals surface area (Å²) in [6.07, 6.45) is 1.01. The number of anilines is 6. The fourth-order valence-electron chi connectivity index (χ4n) is 8.01. The van der Waals surface area contributed by atoms with Gasteiger partial charge in [0.1, 0.15) is 0 Å². The lowest BCUT2D eigenvalue weighted by Crippen LogP contribution is -2.10. The van der Waals surface area contributed by atoms with Gasteiger partial charge in [0.25, 0.3) is 0 Å². The second kappa shape index (κ2) is 18.2. The summed E-state index contributed by atoms with van der Waals surface area (Å²) in [6.45, 7) is 2.78. The van der Waals surface area contributed by atoms with Crippen molar-refractivity contribution in [3.63, 3.8) is 0 Å². The van der Waals surface area contributed by atoms with E-state index in [1.807, 2.05) is 0 Å². The van der Waals surface area contributed by atoms with E-state index in [1.54, 1.807) is 7.11 Å². The van der Waals surface area contributed by atoms with Crippen molar-refractivity contribution in [3.05, 3.63) is 242 Å². The van der Waals surface area contributed by atoms with Gasteiger partial charge in [-0.15, -0.1) is 0 Å². The number of aryl methyl sites for hydroxylation is 1. The van der Waals surface area contributed by atoms with Crippen LogP contribution in [0.2, 0.25) is 0 Å². The number of methoxy groups -OCH3 is 1. The van der Waals surface area contributed by atoms with Crippen molar-refractivity contribution >= 4 is 34.1 Å². The van der Waals surface area contributed by atoms with Gasteiger partial charge in [-0.3, -0.25) is 0 Å². The Kier molecular flexibility index (Phi) is 11.7. The lowest BCUT2D eigenvalue weighted by atomic mass is 9.99. The van der Waals surface area contributed by atoms with E-state index in [2.05, 4.69) is 247 Å². The van der Waals surface area contributed by atoms with E-state index < -0.39 is 0 Å². The van der Waals surface area contributed by atoms with Crippen molar-refractivity contribution in [2.45, 2.75) is 20.0 Å². The Morgan fingerprint density at radius 1 is 0.279 bits per heavy atom. The van der Waals surface area contributed by atoms with Gasteiger partial charge in [-0.25, -0.2) is 0 Å². The zero-order valence-electron chi connectivity index (χ0n) is 34.7. The van der Waals surface area contributed by atoms with E-state index in [0.29, 0.717) is 6.61 Å². The highest BCUT2D eigenvalue weighted by Gasteiger charge is 2.16. The van der Waals surface area contributed by atoms with Gasteiger partial charge in [-0.2, -0.15) is 0 Å². The molecular weight excluding hydrogens is 741 g/mol. The lowest BCUT2D eigenvalue weighted by Gasteiger charge is -2.26. The standard InChI is InChI=1S/C58H48N2O/c1-3-43-14-30-53(31-15-43)59(55-34-22-49(23-35-55)45-10-6-4-7-11-45)57-38-26-51(27-39-57)47-18-20-48(21-19-47)52-28-40-58(41-29-52)60(54-32-16-44(17-33-54)42-61-2)56-36-24-50(25-37-56)46-12-8-5-9-13-46/h4-41H,3,42H2,1-2H3. The molecule has 0 saturated heterocycles. The van der Waals surface area contributed by atoms with Crippen molar-refractivity contribution < 1.29 is 4.74 Å². The second-order valence-electron chi connectivity index (χ2n) is 15.3. The van der Waals surface area contributed by atoms with Crippen LogP contribution in [-0.2, 0) is 17.8 Å². The summed E-state index contributed by atoms with van der Waals surface area (Å²) in [5.41, 5.74) is 18.7. The summed E-state index contributed by atoms with van der Waals surface area (Å²) in [7, 11) is 1.73. The van der Waals surface area contributed by atoms with E-state index >= 15 is 0 Å². The van der Waals surface area contributed by atoms with Crippen molar-refractivity contribution in [3.8, 4) is 44.5 Å². The zero-order valence-corrected chi connectivity index (χ0v) is 34.7. The van der Waals surface area contributed by atoms with Crippen molar-refractivity contribution in [1.82, 2.24) is 0 Å².